The number of aromatic amines is 2. The molecule has 158 valence electrons. The molecule has 8 nitrogen and oxygen atoms in total. The van der Waals surface area contributed by atoms with Crippen molar-refractivity contribution in [1.82, 2.24) is 9.97 Å². The van der Waals surface area contributed by atoms with Crippen molar-refractivity contribution in [3.8, 4) is 5.75 Å². The first-order chi connectivity index (χ1) is 15.0. The summed E-state index contributed by atoms with van der Waals surface area (Å²) in [6.07, 6.45) is 0. The first kappa shape index (κ1) is 20.2. The second kappa shape index (κ2) is 8.35. The van der Waals surface area contributed by atoms with Gasteiger partial charge >= 0.3 is 11.7 Å². The van der Waals surface area contributed by atoms with Gasteiger partial charge in [0.1, 0.15) is 18.2 Å². The zero-order valence-corrected chi connectivity index (χ0v) is 17.0. The van der Waals surface area contributed by atoms with Gasteiger partial charge in [-0.1, -0.05) is 42.5 Å². The average Bonchev–Trinajstić information content (AvgIpc) is 2.77. The van der Waals surface area contributed by atoms with Gasteiger partial charge in [0.2, 0.25) is 0 Å². The third-order valence-electron chi connectivity index (χ3n) is 5.14. The van der Waals surface area contributed by atoms with Gasteiger partial charge in [-0.15, -0.1) is 0 Å². The summed E-state index contributed by atoms with van der Waals surface area (Å²) in [4.78, 5) is 41.8. The predicted octanol–water partition coefficient (Wildman–Crippen LogP) is 2.65. The number of H-pyrrole nitrogens is 2. The van der Waals surface area contributed by atoms with Crippen LogP contribution in [0, 0.1) is 0 Å². The minimum absolute atomic E-state index is 0.239. The van der Waals surface area contributed by atoms with Crippen molar-refractivity contribution < 1.29 is 14.3 Å². The van der Waals surface area contributed by atoms with Crippen molar-refractivity contribution in [2.45, 2.75) is 19.4 Å². The van der Waals surface area contributed by atoms with Gasteiger partial charge in [-0.05, 0) is 30.2 Å². The van der Waals surface area contributed by atoms with Crippen LogP contribution in [0.2, 0.25) is 0 Å². The van der Waals surface area contributed by atoms with E-state index in [9.17, 15) is 14.4 Å². The molecule has 8 heteroatoms. The van der Waals surface area contributed by atoms with E-state index in [2.05, 4.69) is 15.3 Å². The van der Waals surface area contributed by atoms with Crippen molar-refractivity contribution in [3.05, 3.63) is 103 Å². The number of rotatable bonds is 5. The maximum absolute atomic E-state index is 12.6. The first-order valence-corrected chi connectivity index (χ1v) is 9.67. The molecule has 1 atom stereocenters. The molecular weight excluding hydrogens is 398 g/mol. The molecule has 2 heterocycles. The highest BCUT2D eigenvalue weighted by Crippen LogP contribution is 2.39. The molecule has 31 heavy (non-hydrogen) atoms. The Morgan fingerprint density at radius 3 is 2.39 bits per heavy atom. The van der Waals surface area contributed by atoms with Gasteiger partial charge in [-0.25, -0.2) is 9.59 Å². The summed E-state index contributed by atoms with van der Waals surface area (Å²) < 4.78 is 10.8. The number of benzene rings is 2. The van der Waals surface area contributed by atoms with Gasteiger partial charge in [-0.2, -0.15) is 0 Å². The van der Waals surface area contributed by atoms with Crippen LogP contribution in [0.5, 0.6) is 5.75 Å². The van der Waals surface area contributed by atoms with Crippen molar-refractivity contribution in [1.29, 1.82) is 0 Å². The highest BCUT2D eigenvalue weighted by molar-refractivity contribution is 5.94. The van der Waals surface area contributed by atoms with Crippen molar-refractivity contribution in [3.63, 3.8) is 0 Å². The third kappa shape index (κ3) is 4.00. The minimum Gasteiger partial charge on any atom is -0.489 e. The zero-order valence-electron chi connectivity index (χ0n) is 17.0. The average molecular weight is 419 g/mol. The van der Waals surface area contributed by atoms with Crippen LogP contribution in [0.25, 0.3) is 0 Å². The van der Waals surface area contributed by atoms with E-state index < -0.39 is 23.1 Å². The number of methoxy groups -OCH3 is 1. The Morgan fingerprint density at radius 2 is 1.71 bits per heavy atom. The molecule has 3 N–H and O–H groups in total. The Hall–Kier alpha value is -4.07. The summed E-state index contributed by atoms with van der Waals surface area (Å²) in [5.74, 6) is -0.367. The Labute approximate surface area is 177 Å². The number of hydrogen-bond donors (Lipinski definition) is 3. The summed E-state index contributed by atoms with van der Waals surface area (Å²) in [5, 5.41) is 2.93. The van der Waals surface area contributed by atoms with Gasteiger partial charge in [0.05, 0.1) is 24.2 Å². The lowest BCUT2D eigenvalue weighted by molar-refractivity contribution is -0.136. The van der Waals surface area contributed by atoms with Crippen molar-refractivity contribution >= 4 is 11.8 Å². The van der Waals surface area contributed by atoms with E-state index >= 15 is 0 Å². The Kier molecular flexibility index (Phi) is 5.44. The molecule has 0 radical (unpaired) electrons. The second-order valence-corrected chi connectivity index (χ2v) is 7.13. The van der Waals surface area contributed by atoms with Crippen LogP contribution in [-0.2, 0) is 16.1 Å². The Balaban J connectivity index is 1.71. The Morgan fingerprint density at radius 1 is 1.00 bits per heavy atom. The first-order valence-electron chi connectivity index (χ1n) is 9.67. The van der Waals surface area contributed by atoms with Crippen LogP contribution in [0.4, 0.5) is 5.82 Å². The number of carbonyl (C=O) groups is 1. The van der Waals surface area contributed by atoms with Crippen molar-refractivity contribution in [2.24, 2.45) is 0 Å². The molecule has 0 spiro atoms. The topological polar surface area (TPSA) is 113 Å². The highest BCUT2D eigenvalue weighted by atomic mass is 16.5. The molecule has 4 rings (SSSR count). The van der Waals surface area contributed by atoms with Crippen LogP contribution in [0.1, 0.15) is 29.5 Å². The lowest BCUT2D eigenvalue weighted by atomic mass is 9.82. The fourth-order valence-electron chi connectivity index (χ4n) is 3.70. The number of ether oxygens (including phenoxy) is 2. The van der Waals surface area contributed by atoms with Gasteiger partial charge in [0, 0.05) is 5.70 Å². The Bertz CT molecular complexity index is 1260. The normalized spacial score (nSPS) is 15.1. The molecule has 2 aromatic carbocycles. The monoisotopic (exact) mass is 419 g/mol. The molecule has 1 aliphatic heterocycles. The molecule has 0 fully saturated rings. The van der Waals surface area contributed by atoms with Crippen LogP contribution in [0.3, 0.4) is 0 Å². The van der Waals surface area contributed by atoms with Gasteiger partial charge < -0.3 is 14.8 Å². The summed E-state index contributed by atoms with van der Waals surface area (Å²) in [5.41, 5.74) is 1.56. The lowest BCUT2D eigenvalue weighted by Gasteiger charge is -2.28. The molecule has 1 aliphatic rings. The molecule has 1 aromatic heterocycles. The molecule has 0 amide bonds. The van der Waals surface area contributed by atoms with Crippen LogP contribution in [0.15, 0.2) is 75.5 Å². The second-order valence-electron chi connectivity index (χ2n) is 7.13. The van der Waals surface area contributed by atoms with E-state index in [0.717, 1.165) is 5.56 Å². The van der Waals surface area contributed by atoms with E-state index in [0.29, 0.717) is 29.2 Å². The number of aromatic nitrogens is 2. The van der Waals surface area contributed by atoms with Crippen molar-refractivity contribution in [2.75, 3.05) is 12.4 Å². The van der Waals surface area contributed by atoms with Crippen LogP contribution >= 0.6 is 0 Å². The predicted molar refractivity (Wildman–Crippen MR) is 115 cm³/mol. The number of carbonyl (C=O) groups excluding carboxylic acids is 1. The number of esters is 1. The van der Waals surface area contributed by atoms with E-state index in [1.165, 1.54) is 7.11 Å². The summed E-state index contributed by atoms with van der Waals surface area (Å²) in [6.45, 7) is 2.11. The van der Waals surface area contributed by atoms with E-state index in [1.807, 2.05) is 30.3 Å². The molecule has 3 aromatic rings. The number of allylic oxidation sites excluding steroid dienone is 1. The van der Waals surface area contributed by atoms with E-state index in [-0.39, 0.29) is 11.4 Å². The maximum Gasteiger partial charge on any atom is 0.336 e. The largest absolute Gasteiger partial charge is 0.489 e. The van der Waals surface area contributed by atoms with Gasteiger partial charge in [0.25, 0.3) is 5.56 Å². The standard InChI is InChI=1S/C23H21N3O5/c1-13-17(22(28)30-2)18(19-20(24-13)25-23(29)26-21(19)27)15-8-10-16(11-9-15)31-12-14-6-4-3-5-7-14/h3-11,18H,12H2,1-2H3,(H3,24,25,26,27,29)/t18-/m0/s1. The zero-order chi connectivity index (χ0) is 22.0. The molecule has 0 aliphatic carbocycles. The highest BCUT2D eigenvalue weighted by Gasteiger charge is 2.35. The smallest absolute Gasteiger partial charge is 0.336 e. The molecule has 0 unspecified atom stereocenters. The maximum atomic E-state index is 12.6. The molecule has 0 saturated heterocycles. The SMILES string of the molecule is COC(=O)C1=C(C)Nc2[nH]c(=O)[nH]c(=O)c2[C@H]1c1ccc(OCc2ccccc2)cc1. The van der Waals surface area contributed by atoms with Crippen LogP contribution < -0.4 is 21.3 Å². The van der Waals surface area contributed by atoms with E-state index in [1.54, 1.807) is 31.2 Å². The van der Waals surface area contributed by atoms with Crippen LogP contribution in [-0.4, -0.2) is 23.0 Å². The third-order valence-corrected chi connectivity index (χ3v) is 5.14. The minimum atomic E-state index is -0.715. The fourth-order valence-corrected chi connectivity index (χ4v) is 3.70. The molecule has 0 bridgehead atoms. The van der Waals surface area contributed by atoms with E-state index in [4.69, 9.17) is 9.47 Å². The number of hydrogen-bond acceptors (Lipinski definition) is 6. The quantitative estimate of drug-likeness (QED) is 0.548. The number of anilines is 1. The number of fused-ring (bicyclic) bond motifs is 1. The summed E-state index contributed by atoms with van der Waals surface area (Å²) in [6, 6.07) is 16.9. The lowest BCUT2D eigenvalue weighted by Crippen LogP contribution is -2.34. The molecule has 0 saturated carbocycles. The number of nitrogens with one attached hydrogen (secondary N) is 3. The van der Waals surface area contributed by atoms with Gasteiger partial charge in [0.15, 0.2) is 0 Å². The molecular formula is C23H21N3O5. The fraction of sp³-hybridized carbons (Fsp3) is 0.174. The summed E-state index contributed by atoms with van der Waals surface area (Å²) >= 11 is 0. The summed E-state index contributed by atoms with van der Waals surface area (Å²) in [7, 11) is 1.28. The van der Waals surface area contributed by atoms with Gasteiger partial charge in [-0.3, -0.25) is 14.8 Å².